The zero-order valence-corrected chi connectivity index (χ0v) is 8.82. The summed E-state index contributed by atoms with van der Waals surface area (Å²) in [7, 11) is 1.97. The summed E-state index contributed by atoms with van der Waals surface area (Å²) in [5, 5.41) is 3.14. The van der Waals surface area contributed by atoms with Gasteiger partial charge in [-0.1, -0.05) is 39.7 Å². The summed E-state index contributed by atoms with van der Waals surface area (Å²) in [6.45, 7) is 7.99. The Morgan fingerprint density at radius 3 is 2.17 bits per heavy atom. The summed E-state index contributed by atoms with van der Waals surface area (Å²) in [5.41, 5.74) is 1.24. The Balaban J connectivity index is 0. The lowest BCUT2D eigenvalue weighted by Crippen LogP contribution is -2.17. The van der Waals surface area contributed by atoms with Crippen molar-refractivity contribution in [3.05, 3.63) is 12.3 Å². The molecule has 0 bridgehead atoms. The van der Waals surface area contributed by atoms with E-state index in [0.717, 1.165) is 5.92 Å². The fourth-order valence-electron chi connectivity index (χ4n) is 1.66. The van der Waals surface area contributed by atoms with Crippen LogP contribution in [-0.2, 0) is 0 Å². The fourth-order valence-corrected chi connectivity index (χ4v) is 1.66. The van der Waals surface area contributed by atoms with Gasteiger partial charge in [0.05, 0.1) is 0 Å². The fraction of sp³-hybridized carbons (Fsp3) is 0.818. The van der Waals surface area contributed by atoms with Crippen LogP contribution < -0.4 is 5.32 Å². The zero-order chi connectivity index (χ0) is 9.40. The van der Waals surface area contributed by atoms with Crippen molar-refractivity contribution < 1.29 is 1.43 Å². The zero-order valence-electron chi connectivity index (χ0n) is 8.82. The summed E-state index contributed by atoms with van der Waals surface area (Å²) >= 11 is 0. The lowest BCUT2D eigenvalue weighted by atomic mass is 9.87. The van der Waals surface area contributed by atoms with E-state index in [-0.39, 0.29) is 1.43 Å². The van der Waals surface area contributed by atoms with Crippen LogP contribution >= 0.6 is 0 Å². The van der Waals surface area contributed by atoms with Gasteiger partial charge in [0.1, 0.15) is 0 Å². The van der Waals surface area contributed by atoms with Crippen LogP contribution in [0.4, 0.5) is 0 Å². The van der Waals surface area contributed by atoms with E-state index in [9.17, 15) is 0 Å². The molecule has 0 heterocycles. The van der Waals surface area contributed by atoms with Crippen LogP contribution in [0, 0.1) is 5.92 Å². The maximum Gasteiger partial charge on any atom is 0.00625 e. The van der Waals surface area contributed by atoms with E-state index in [0.29, 0.717) is 0 Å². The molecular formula is C11H25N. The Bertz CT molecular complexity index is 117. The first kappa shape index (κ1) is 11.5. The van der Waals surface area contributed by atoms with Gasteiger partial charge in [-0.15, -0.1) is 0 Å². The van der Waals surface area contributed by atoms with Crippen LogP contribution in [0.5, 0.6) is 0 Å². The molecule has 1 saturated carbocycles. The second-order valence-electron chi connectivity index (χ2n) is 3.11. The third-order valence-corrected chi connectivity index (χ3v) is 2.42. The molecule has 1 nitrogen and oxygen atoms in total. The number of hydrogen-bond donors (Lipinski definition) is 1. The summed E-state index contributed by atoms with van der Waals surface area (Å²) in [5.74, 6) is 0.763. The van der Waals surface area contributed by atoms with Crippen LogP contribution in [-0.4, -0.2) is 7.05 Å². The number of nitrogens with one attached hydrogen (secondary N) is 1. The maximum atomic E-state index is 3.99. The molecule has 1 aliphatic rings. The highest BCUT2D eigenvalue weighted by atomic mass is 14.8. The van der Waals surface area contributed by atoms with E-state index in [4.69, 9.17) is 0 Å². The second kappa shape index (κ2) is 7.20. The third-order valence-electron chi connectivity index (χ3n) is 2.42. The molecule has 1 fully saturated rings. The van der Waals surface area contributed by atoms with Crippen molar-refractivity contribution in [1.29, 1.82) is 0 Å². The van der Waals surface area contributed by atoms with Crippen LogP contribution in [0.25, 0.3) is 0 Å². The van der Waals surface area contributed by atoms with Gasteiger partial charge in [0.2, 0.25) is 0 Å². The minimum atomic E-state index is 0. The van der Waals surface area contributed by atoms with Gasteiger partial charge >= 0.3 is 0 Å². The molecule has 1 N–H and O–H groups in total. The first-order chi connectivity index (χ1) is 5.84. The number of rotatable bonds is 2. The third kappa shape index (κ3) is 3.80. The second-order valence-corrected chi connectivity index (χ2v) is 3.11. The molecule has 1 aliphatic carbocycles. The highest BCUT2D eigenvalue weighted by Crippen LogP contribution is 2.27. The predicted molar refractivity (Wildman–Crippen MR) is 58.2 cm³/mol. The molecule has 12 heavy (non-hydrogen) atoms. The molecule has 1 rings (SSSR count). The van der Waals surface area contributed by atoms with Gasteiger partial charge in [-0.25, -0.2) is 0 Å². The van der Waals surface area contributed by atoms with E-state index in [1.807, 2.05) is 20.9 Å². The molecule has 0 atom stereocenters. The Kier molecular flexibility index (Phi) is 6.93. The van der Waals surface area contributed by atoms with Crippen molar-refractivity contribution in [1.82, 2.24) is 5.32 Å². The molecule has 0 amide bonds. The molecule has 0 radical (unpaired) electrons. The lowest BCUT2D eigenvalue weighted by molar-refractivity contribution is 0.391. The van der Waals surface area contributed by atoms with Crippen molar-refractivity contribution in [3.63, 3.8) is 0 Å². The number of hydrogen-bond acceptors (Lipinski definition) is 1. The van der Waals surface area contributed by atoms with Gasteiger partial charge in [0.15, 0.2) is 0 Å². The molecule has 0 aromatic rings. The SMILES string of the molecule is C=C(NC)C1CCCCC1.CC.[HH]. The average molecular weight is 171 g/mol. The molecule has 1 heteroatoms. The minimum absolute atomic E-state index is 0. The Hall–Kier alpha value is -0.460. The van der Waals surface area contributed by atoms with E-state index in [2.05, 4.69) is 11.9 Å². The molecule has 0 aromatic heterocycles. The van der Waals surface area contributed by atoms with Crippen LogP contribution in [0.1, 0.15) is 47.4 Å². The molecule has 0 aromatic carbocycles. The smallest absolute Gasteiger partial charge is 0.00625 e. The topological polar surface area (TPSA) is 12.0 Å². The summed E-state index contributed by atoms with van der Waals surface area (Å²) in [6.07, 6.45) is 6.91. The van der Waals surface area contributed by atoms with Gasteiger partial charge in [-0.3, -0.25) is 0 Å². The molecule has 0 unspecified atom stereocenters. The van der Waals surface area contributed by atoms with Crippen LogP contribution in [0.3, 0.4) is 0 Å². The van der Waals surface area contributed by atoms with Crippen LogP contribution in [0.15, 0.2) is 12.3 Å². The molecule has 0 spiro atoms. The van der Waals surface area contributed by atoms with Crippen molar-refractivity contribution in [2.45, 2.75) is 46.0 Å². The lowest BCUT2D eigenvalue weighted by Gasteiger charge is -2.23. The summed E-state index contributed by atoms with van der Waals surface area (Å²) in [4.78, 5) is 0. The van der Waals surface area contributed by atoms with Gasteiger partial charge in [0.25, 0.3) is 0 Å². The van der Waals surface area contributed by atoms with E-state index in [1.54, 1.807) is 0 Å². The minimum Gasteiger partial charge on any atom is -0.392 e. The average Bonchev–Trinajstić information content (AvgIpc) is 2.21. The molecule has 0 saturated heterocycles. The van der Waals surface area contributed by atoms with Crippen molar-refractivity contribution in [3.8, 4) is 0 Å². The van der Waals surface area contributed by atoms with Crippen molar-refractivity contribution >= 4 is 0 Å². The highest BCUT2D eigenvalue weighted by Gasteiger charge is 2.14. The van der Waals surface area contributed by atoms with E-state index < -0.39 is 0 Å². The largest absolute Gasteiger partial charge is 0.392 e. The van der Waals surface area contributed by atoms with Gasteiger partial charge in [-0.2, -0.15) is 0 Å². The quantitative estimate of drug-likeness (QED) is 0.669. The first-order valence-corrected chi connectivity index (χ1v) is 5.21. The Labute approximate surface area is 78.7 Å². The van der Waals surface area contributed by atoms with E-state index in [1.165, 1.54) is 37.8 Å². The molecule has 74 valence electrons. The summed E-state index contributed by atoms with van der Waals surface area (Å²) in [6, 6.07) is 0. The first-order valence-electron chi connectivity index (χ1n) is 5.21. The van der Waals surface area contributed by atoms with Crippen molar-refractivity contribution in [2.24, 2.45) is 5.92 Å². The Morgan fingerprint density at radius 1 is 1.25 bits per heavy atom. The monoisotopic (exact) mass is 171 g/mol. The standard InChI is InChI=1S/C9H17N.C2H6.H2/c1-8(10-2)9-6-4-3-5-7-9;1-2;/h9-10H,1,3-7H2,2H3;1-2H3;1H. The Morgan fingerprint density at radius 2 is 1.75 bits per heavy atom. The predicted octanol–water partition coefficient (Wildman–Crippen LogP) is 3.57. The van der Waals surface area contributed by atoms with Gasteiger partial charge < -0.3 is 5.32 Å². The van der Waals surface area contributed by atoms with Crippen LogP contribution in [0.2, 0.25) is 0 Å². The molecular weight excluding hydrogens is 146 g/mol. The van der Waals surface area contributed by atoms with E-state index >= 15 is 0 Å². The molecule has 0 aliphatic heterocycles. The van der Waals surface area contributed by atoms with Crippen molar-refractivity contribution in [2.75, 3.05) is 7.05 Å². The van der Waals surface area contributed by atoms with Gasteiger partial charge in [-0.05, 0) is 18.8 Å². The normalized spacial score (nSPS) is 17.6. The highest BCUT2D eigenvalue weighted by molar-refractivity contribution is 4.97. The van der Waals surface area contributed by atoms with Gasteiger partial charge in [0, 0.05) is 14.2 Å². The summed E-state index contributed by atoms with van der Waals surface area (Å²) < 4.78 is 0. The maximum absolute atomic E-state index is 3.99. The number of allylic oxidation sites excluding steroid dienone is 1.